The topological polar surface area (TPSA) is 64.6 Å². The summed E-state index contributed by atoms with van der Waals surface area (Å²) in [6, 6.07) is 2.80. The SMILES string of the molecule is COc1cc(NS(=O)(=O)Cl)c(OC)cc1Cl. The van der Waals surface area contributed by atoms with Gasteiger partial charge in [-0.1, -0.05) is 11.6 Å². The van der Waals surface area contributed by atoms with Gasteiger partial charge in [-0.3, -0.25) is 4.72 Å². The predicted molar refractivity (Wildman–Crippen MR) is 63.0 cm³/mol. The molecule has 0 fully saturated rings. The van der Waals surface area contributed by atoms with Crippen molar-refractivity contribution in [2.24, 2.45) is 0 Å². The van der Waals surface area contributed by atoms with E-state index in [4.69, 9.17) is 31.8 Å². The van der Waals surface area contributed by atoms with E-state index in [9.17, 15) is 8.42 Å². The van der Waals surface area contributed by atoms with Crippen molar-refractivity contribution in [3.05, 3.63) is 17.2 Å². The van der Waals surface area contributed by atoms with Crippen LogP contribution in [0.15, 0.2) is 12.1 Å². The number of benzene rings is 1. The summed E-state index contributed by atoms with van der Waals surface area (Å²) in [7, 11) is 3.95. The van der Waals surface area contributed by atoms with Crippen molar-refractivity contribution in [2.75, 3.05) is 18.9 Å². The van der Waals surface area contributed by atoms with Crippen LogP contribution in [0, 0.1) is 0 Å². The number of hydrogen-bond acceptors (Lipinski definition) is 4. The highest BCUT2D eigenvalue weighted by molar-refractivity contribution is 8.14. The molecule has 1 rings (SSSR count). The van der Waals surface area contributed by atoms with E-state index in [2.05, 4.69) is 4.72 Å². The number of hydrogen-bond donors (Lipinski definition) is 1. The minimum absolute atomic E-state index is 0.152. The number of ether oxygens (including phenoxy) is 2. The molecular weight excluding hydrogens is 277 g/mol. The molecule has 0 radical (unpaired) electrons. The van der Waals surface area contributed by atoms with Gasteiger partial charge in [0.2, 0.25) is 0 Å². The number of nitrogens with one attached hydrogen (secondary N) is 1. The lowest BCUT2D eigenvalue weighted by molar-refractivity contribution is 0.405. The summed E-state index contributed by atoms with van der Waals surface area (Å²) in [5, 5.41) is 0.303. The Morgan fingerprint density at radius 2 is 1.75 bits per heavy atom. The summed E-state index contributed by atoms with van der Waals surface area (Å²) in [4.78, 5) is 0. The first kappa shape index (κ1) is 13.2. The fourth-order valence-electron chi connectivity index (χ4n) is 1.07. The first-order valence-corrected chi connectivity index (χ1v) is 6.70. The smallest absolute Gasteiger partial charge is 0.319 e. The maximum atomic E-state index is 10.9. The molecule has 0 bridgehead atoms. The average molecular weight is 286 g/mol. The maximum Gasteiger partial charge on any atom is 0.319 e. The van der Waals surface area contributed by atoms with Gasteiger partial charge < -0.3 is 9.47 Å². The molecule has 90 valence electrons. The zero-order chi connectivity index (χ0) is 12.3. The van der Waals surface area contributed by atoms with Gasteiger partial charge in [-0.2, -0.15) is 8.42 Å². The Morgan fingerprint density at radius 3 is 2.19 bits per heavy atom. The van der Waals surface area contributed by atoms with Crippen LogP contribution in [-0.4, -0.2) is 22.6 Å². The molecule has 0 heterocycles. The molecule has 0 saturated carbocycles. The van der Waals surface area contributed by atoms with E-state index in [1.54, 1.807) is 0 Å². The van der Waals surface area contributed by atoms with Crippen LogP contribution in [0.3, 0.4) is 0 Å². The molecule has 1 aromatic rings. The molecule has 0 aliphatic carbocycles. The highest BCUT2D eigenvalue weighted by Gasteiger charge is 2.13. The first-order chi connectivity index (χ1) is 7.37. The zero-order valence-electron chi connectivity index (χ0n) is 8.45. The Bertz CT molecular complexity index is 489. The lowest BCUT2D eigenvalue weighted by Crippen LogP contribution is -2.06. The van der Waals surface area contributed by atoms with Crippen LogP contribution in [-0.2, 0) is 9.24 Å². The number of rotatable bonds is 4. The summed E-state index contributed by atoms with van der Waals surface area (Å²) < 4.78 is 33.7. The monoisotopic (exact) mass is 285 g/mol. The van der Waals surface area contributed by atoms with E-state index in [-0.39, 0.29) is 11.4 Å². The Morgan fingerprint density at radius 1 is 1.19 bits per heavy atom. The molecule has 0 amide bonds. The van der Waals surface area contributed by atoms with E-state index in [1.807, 2.05) is 0 Å². The highest BCUT2D eigenvalue weighted by atomic mass is 35.7. The second-order valence-electron chi connectivity index (χ2n) is 2.73. The largest absolute Gasteiger partial charge is 0.495 e. The van der Waals surface area contributed by atoms with Gasteiger partial charge in [-0.25, -0.2) is 0 Å². The van der Waals surface area contributed by atoms with Crippen LogP contribution in [0.25, 0.3) is 0 Å². The highest BCUT2D eigenvalue weighted by Crippen LogP contribution is 2.36. The van der Waals surface area contributed by atoms with Crippen LogP contribution in [0.1, 0.15) is 0 Å². The van der Waals surface area contributed by atoms with E-state index in [0.29, 0.717) is 10.8 Å². The quantitative estimate of drug-likeness (QED) is 0.862. The number of halogens is 2. The molecule has 5 nitrogen and oxygen atoms in total. The molecule has 0 spiro atoms. The van der Waals surface area contributed by atoms with Gasteiger partial charge >= 0.3 is 9.24 Å². The van der Waals surface area contributed by atoms with Crippen LogP contribution >= 0.6 is 22.3 Å². The minimum Gasteiger partial charge on any atom is -0.495 e. The summed E-state index contributed by atoms with van der Waals surface area (Å²) in [6.07, 6.45) is 0. The number of anilines is 1. The molecular formula is C8H9Cl2NO4S. The van der Waals surface area contributed by atoms with Gasteiger partial charge in [0.25, 0.3) is 0 Å². The molecule has 1 N–H and O–H groups in total. The van der Waals surface area contributed by atoms with Crippen molar-refractivity contribution in [2.45, 2.75) is 0 Å². The van der Waals surface area contributed by atoms with Gasteiger partial charge in [0.05, 0.1) is 24.9 Å². The normalized spacial score (nSPS) is 11.0. The van der Waals surface area contributed by atoms with Gasteiger partial charge in [0, 0.05) is 22.8 Å². The molecule has 16 heavy (non-hydrogen) atoms. The fourth-order valence-corrected chi connectivity index (χ4v) is 1.97. The maximum absolute atomic E-state index is 10.9. The molecule has 0 atom stereocenters. The van der Waals surface area contributed by atoms with Gasteiger partial charge in [-0.05, 0) is 0 Å². The van der Waals surface area contributed by atoms with E-state index < -0.39 is 9.24 Å². The molecule has 0 unspecified atom stereocenters. The Labute approximate surface area is 103 Å². The van der Waals surface area contributed by atoms with Crippen molar-refractivity contribution >= 4 is 37.2 Å². The second kappa shape index (κ2) is 4.99. The van der Waals surface area contributed by atoms with Crippen molar-refractivity contribution in [1.82, 2.24) is 0 Å². The molecule has 1 aromatic carbocycles. The van der Waals surface area contributed by atoms with E-state index in [1.165, 1.54) is 26.4 Å². The Hall–Kier alpha value is -0.850. The molecule has 0 saturated heterocycles. The van der Waals surface area contributed by atoms with E-state index >= 15 is 0 Å². The summed E-state index contributed by atoms with van der Waals surface area (Å²) >= 11 is 5.84. The fraction of sp³-hybridized carbons (Fsp3) is 0.250. The van der Waals surface area contributed by atoms with Crippen molar-refractivity contribution in [3.8, 4) is 11.5 Å². The second-order valence-corrected chi connectivity index (χ2v) is 5.43. The summed E-state index contributed by atoms with van der Waals surface area (Å²) in [6.45, 7) is 0. The molecule has 0 aliphatic heterocycles. The molecule has 8 heteroatoms. The van der Waals surface area contributed by atoms with Crippen molar-refractivity contribution in [1.29, 1.82) is 0 Å². The van der Waals surface area contributed by atoms with Crippen LogP contribution in [0.4, 0.5) is 5.69 Å². The summed E-state index contributed by atoms with van der Waals surface area (Å²) in [5.74, 6) is 0.556. The molecule has 0 aromatic heterocycles. The third-order valence-corrected chi connectivity index (χ3v) is 2.70. The minimum atomic E-state index is -3.90. The zero-order valence-corrected chi connectivity index (χ0v) is 10.8. The van der Waals surface area contributed by atoms with Crippen LogP contribution in [0.5, 0.6) is 11.5 Å². The first-order valence-electron chi connectivity index (χ1n) is 4.01. The summed E-state index contributed by atoms with van der Waals surface area (Å²) in [5.41, 5.74) is 0.152. The van der Waals surface area contributed by atoms with Crippen LogP contribution in [0.2, 0.25) is 5.02 Å². The average Bonchev–Trinajstić information content (AvgIpc) is 2.18. The van der Waals surface area contributed by atoms with E-state index in [0.717, 1.165) is 0 Å². The Kier molecular flexibility index (Phi) is 4.12. The van der Waals surface area contributed by atoms with Crippen molar-refractivity contribution in [3.63, 3.8) is 0 Å². The van der Waals surface area contributed by atoms with Crippen molar-refractivity contribution < 1.29 is 17.9 Å². The third kappa shape index (κ3) is 3.33. The van der Waals surface area contributed by atoms with Gasteiger partial charge in [0.15, 0.2) is 0 Å². The lowest BCUT2D eigenvalue weighted by Gasteiger charge is -2.11. The third-order valence-electron chi connectivity index (χ3n) is 1.71. The van der Waals surface area contributed by atoms with Gasteiger partial charge in [0.1, 0.15) is 11.5 Å². The standard InChI is InChI=1S/C8H9Cl2NO4S/c1-14-7-4-6(11-16(10,12)13)8(15-2)3-5(7)9/h3-4,11H,1-2H3. The van der Waals surface area contributed by atoms with Gasteiger partial charge in [-0.15, -0.1) is 0 Å². The lowest BCUT2D eigenvalue weighted by atomic mass is 10.3. The number of methoxy groups -OCH3 is 2. The predicted octanol–water partition coefficient (Wildman–Crippen LogP) is 2.25. The molecule has 0 aliphatic rings. The Balaban J connectivity index is 3.25. The van der Waals surface area contributed by atoms with Crippen LogP contribution < -0.4 is 14.2 Å².